The van der Waals surface area contributed by atoms with Crippen LogP contribution in [0.4, 0.5) is 0 Å². The smallest absolute Gasteiger partial charge is 0.130 e. The maximum atomic E-state index is 9.84. The van der Waals surface area contributed by atoms with Gasteiger partial charge in [-0.05, 0) is 19.3 Å². The third kappa shape index (κ3) is 2.92. The number of thioether (sulfide) groups is 1. The van der Waals surface area contributed by atoms with E-state index in [4.69, 9.17) is 4.74 Å². The van der Waals surface area contributed by atoms with Crippen molar-refractivity contribution in [2.75, 3.05) is 12.4 Å². The van der Waals surface area contributed by atoms with Gasteiger partial charge < -0.3 is 9.84 Å². The molecule has 82 valence electrons. The van der Waals surface area contributed by atoms with Crippen LogP contribution in [0.2, 0.25) is 0 Å². The highest BCUT2D eigenvalue weighted by molar-refractivity contribution is 8.03. The lowest BCUT2D eigenvalue weighted by Crippen LogP contribution is -2.29. The van der Waals surface area contributed by atoms with E-state index in [-0.39, 0.29) is 6.10 Å². The van der Waals surface area contributed by atoms with Gasteiger partial charge >= 0.3 is 0 Å². The van der Waals surface area contributed by atoms with Crippen molar-refractivity contribution in [1.82, 2.24) is 0 Å². The summed E-state index contributed by atoms with van der Waals surface area (Å²) < 4.78 is 5.70. The molecule has 0 saturated heterocycles. The van der Waals surface area contributed by atoms with Gasteiger partial charge in [0.1, 0.15) is 11.9 Å². The molecule has 1 aliphatic heterocycles. The number of rotatable bonds is 4. The lowest BCUT2D eigenvalue weighted by atomic mass is 10.0. The van der Waals surface area contributed by atoms with Crippen molar-refractivity contribution >= 4 is 11.8 Å². The quantitative estimate of drug-likeness (QED) is 0.731. The molecule has 3 heteroatoms. The van der Waals surface area contributed by atoms with Crippen molar-refractivity contribution in [1.29, 1.82) is 0 Å². The first-order valence-corrected chi connectivity index (χ1v) is 6.29. The van der Waals surface area contributed by atoms with Gasteiger partial charge in [-0.3, -0.25) is 0 Å². The normalized spacial score (nSPS) is 28.2. The van der Waals surface area contributed by atoms with E-state index in [0.717, 1.165) is 30.1 Å². The van der Waals surface area contributed by atoms with E-state index in [9.17, 15) is 5.11 Å². The Morgan fingerprint density at radius 2 is 2.29 bits per heavy atom. The fraction of sp³-hybridized carbons (Fsp3) is 0.818. The van der Waals surface area contributed by atoms with Crippen LogP contribution in [0.3, 0.4) is 0 Å². The molecule has 2 nitrogen and oxygen atoms in total. The van der Waals surface area contributed by atoms with Crippen LogP contribution in [0.15, 0.2) is 10.7 Å². The molecule has 0 spiro atoms. The van der Waals surface area contributed by atoms with Crippen LogP contribution in [0.25, 0.3) is 0 Å². The maximum absolute atomic E-state index is 9.84. The molecule has 1 rings (SSSR count). The average molecular weight is 216 g/mol. The summed E-state index contributed by atoms with van der Waals surface area (Å²) in [5, 5.41) is 9.84. The molecule has 1 aliphatic rings. The first-order chi connectivity index (χ1) is 6.66. The predicted octanol–water partition coefficient (Wildman–Crippen LogP) is 3.34. The topological polar surface area (TPSA) is 29.5 Å². The number of ether oxygens (including phenoxy) is 1. The van der Waals surface area contributed by atoms with E-state index in [2.05, 4.69) is 13.8 Å². The van der Waals surface area contributed by atoms with Gasteiger partial charge in [0, 0.05) is 17.3 Å². The van der Waals surface area contributed by atoms with Crippen molar-refractivity contribution in [2.24, 2.45) is 5.92 Å². The van der Waals surface area contributed by atoms with Crippen molar-refractivity contribution in [3.63, 3.8) is 0 Å². The summed E-state index contributed by atoms with van der Waals surface area (Å²) in [6.45, 7) is 6.99. The fourth-order valence-corrected chi connectivity index (χ4v) is 2.44. The highest BCUT2D eigenvalue weighted by atomic mass is 32.2. The molecule has 0 aromatic rings. The molecule has 0 aromatic carbocycles. The largest absolute Gasteiger partial charge is 0.509 e. The Labute approximate surface area is 90.7 Å². The first kappa shape index (κ1) is 11.9. The van der Waals surface area contributed by atoms with Crippen LogP contribution in [0.1, 0.15) is 33.6 Å². The summed E-state index contributed by atoms with van der Waals surface area (Å²) in [7, 11) is 0. The zero-order valence-electron chi connectivity index (χ0n) is 9.25. The van der Waals surface area contributed by atoms with E-state index in [0.29, 0.717) is 11.7 Å². The van der Waals surface area contributed by atoms with Gasteiger partial charge in [0.15, 0.2) is 0 Å². The second-order valence-corrected chi connectivity index (χ2v) is 5.11. The molecule has 0 saturated carbocycles. The van der Waals surface area contributed by atoms with Crippen molar-refractivity contribution in [3.05, 3.63) is 10.7 Å². The summed E-state index contributed by atoms with van der Waals surface area (Å²) in [6.07, 6.45) is 2.14. The summed E-state index contributed by atoms with van der Waals surface area (Å²) in [5.41, 5.74) is 0. The Balaban J connectivity index is 2.50. The van der Waals surface area contributed by atoms with E-state index in [1.165, 1.54) is 0 Å². The van der Waals surface area contributed by atoms with Gasteiger partial charge in [-0.15, -0.1) is 11.8 Å². The van der Waals surface area contributed by atoms with Crippen LogP contribution in [0.5, 0.6) is 0 Å². The van der Waals surface area contributed by atoms with Crippen LogP contribution in [-0.4, -0.2) is 23.6 Å². The number of hydrogen-bond donors (Lipinski definition) is 1. The minimum absolute atomic E-state index is 0.0669. The van der Waals surface area contributed by atoms with E-state index in [1.807, 2.05) is 6.92 Å². The lowest BCUT2D eigenvalue weighted by molar-refractivity contribution is 0.0185. The zero-order valence-corrected chi connectivity index (χ0v) is 10.1. The number of unbranched alkanes of at least 4 members (excludes halogenated alkanes) is 1. The highest BCUT2D eigenvalue weighted by Crippen LogP contribution is 2.33. The molecule has 0 radical (unpaired) electrons. The summed E-state index contributed by atoms with van der Waals surface area (Å²) in [4.78, 5) is 1.02. The van der Waals surface area contributed by atoms with E-state index >= 15 is 0 Å². The Bertz CT molecular complexity index is 213. The first-order valence-electron chi connectivity index (χ1n) is 5.31. The molecule has 0 aromatic heterocycles. The third-order valence-electron chi connectivity index (χ3n) is 2.51. The number of aliphatic hydroxyl groups excluding tert-OH is 1. The van der Waals surface area contributed by atoms with Gasteiger partial charge in [0.25, 0.3) is 0 Å². The van der Waals surface area contributed by atoms with Gasteiger partial charge in [-0.2, -0.15) is 0 Å². The summed E-state index contributed by atoms with van der Waals surface area (Å²) in [6, 6.07) is 0. The minimum Gasteiger partial charge on any atom is -0.509 e. The van der Waals surface area contributed by atoms with Crippen LogP contribution in [-0.2, 0) is 4.74 Å². The van der Waals surface area contributed by atoms with Crippen LogP contribution < -0.4 is 0 Å². The molecule has 0 aliphatic carbocycles. The zero-order chi connectivity index (χ0) is 10.6. The third-order valence-corrected chi connectivity index (χ3v) is 3.84. The van der Waals surface area contributed by atoms with Gasteiger partial charge in [-0.1, -0.05) is 20.3 Å². The number of allylic oxidation sites excluding steroid dienone is 1. The Kier molecular flexibility index (Phi) is 4.82. The Morgan fingerprint density at radius 3 is 2.93 bits per heavy atom. The van der Waals surface area contributed by atoms with E-state index < -0.39 is 0 Å². The van der Waals surface area contributed by atoms with Crippen LogP contribution >= 0.6 is 11.8 Å². The summed E-state index contributed by atoms with van der Waals surface area (Å²) in [5.74, 6) is 1.91. The molecule has 1 heterocycles. The molecule has 2 atom stereocenters. The van der Waals surface area contributed by atoms with Gasteiger partial charge in [0.2, 0.25) is 0 Å². The predicted molar refractivity (Wildman–Crippen MR) is 61.6 cm³/mol. The molecular formula is C11H20O2S. The summed E-state index contributed by atoms with van der Waals surface area (Å²) >= 11 is 1.73. The highest BCUT2D eigenvalue weighted by Gasteiger charge is 2.28. The second kappa shape index (κ2) is 5.66. The van der Waals surface area contributed by atoms with Crippen LogP contribution in [0, 0.1) is 5.92 Å². The van der Waals surface area contributed by atoms with Gasteiger partial charge in [-0.25, -0.2) is 0 Å². The molecule has 14 heavy (non-hydrogen) atoms. The lowest BCUT2D eigenvalue weighted by Gasteiger charge is -2.29. The van der Waals surface area contributed by atoms with Crippen molar-refractivity contribution < 1.29 is 9.84 Å². The average Bonchev–Trinajstić information content (AvgIpc) is 2.18. The Hall–Kier alpha value is -0.150. The molecule has 2 unspecified atom stereocenters. The molecule has 0 fully saturated rings. The maximum Gasteiger partial charge on any atom is 0.130 e. The molecular weight excluding hydrogens is 196 g/mol. The number of hydrogen-bond acceptors (Lipinski definition) is 3. The fourth-order valence-electron chi connectivity index (χ4n) is 1.49. The van der Waals surface area contributed by atoms with Gasteiger partial charge in [0.05, 0.1) is 0 Å². The van der Waals surface area contributed by atoms with Crippen molar-refractivity contribution in [2.45, 2.75) is 39.7 Å². The Morgan fingerprint density at radius 1 is 1.57 bits per heavy atom. The monoisotopic (exact) mass is 216 g/mol. The van der Waals surface area contributed by atoms with Crippen molar-refractivity contribution in [3.8, 4) is 0 Å². The van der Waals surface area contributed by atoms with E-state index in [1.54, 1.807) is 11.8 Å². The SMILES string of the molecule is CCCCOC1C(O)=C(C)SCC1C. The molecule has 1 N–H and O–H groups in total. The molecule has 0 amide bonds. The molecule has 0 bridgehead atoms. The minimum atomic E-state index is -0.0669. The number of aliphatic hydroxyl groups is 1. The second-order valence-electron chi connectivity index (χ2n) is 3.87. The standard InChI is InChI=1S/C11H20O2S/c1-4-5-6-13-11-8(2)7-14-9(3)10(11)12/h8,11-12H,4-7H2,1-3H3.